The smallest absolute Gasteiger partial charge is 0.222 e. The average molecular weight is 209 g/mol. The van der Waals surface area contributed by atoms with Gasteiger partial charge in [-0.2, -0.15) is 4.98 Å². The van der Waals surface area contributed by atoms with Crippen LogP contribution in [0, 0.1) is 6.92 Å². The van der Waals surface area contributed by atoms with Gasteiger partial charge in [-0.25, -0.2) is 4.98 Å². The van der Waals surface area contributed by atoms with Crippen LogP contribution in [-0.4, -0.2) is 41.5 Å². The van der Waals surface area contributed by atoms with Crippen LogP contribution >= 0.6 is 0 Å². The van der Waals surface area contributed by atoms with E-state index in [4.69, 9.17) is 5.73 Å². The number of aryl methyl sites for hydroxylation is 1. The fourth-order valence-electron chi connectivity index (χ4n) is 1.51. The molecule has 0 spiro atoms. The second kappa shape index (κ2) is 4.93. The van der Waals surface area contributed by atoms with Crippen molar-refractivity contribution in [1.29, 1.82) is 0 Å². The third-order valence-electron chi connectivity index (χ3n) is 1.90. The Bertz CT molecular complexity index is 303. The van der Waals surface area contributed by atoms with Gasteiger partial charge in [-0.05, 0) is 27.9 Å². The lowest BCUT2D eigenvalue weighted by Gasteiger charge is -2.18. The third-order valence-corrected chi connectivity index (χ3v) is 1.90. The van der Waals surface area contributed by atoms with Gasteiger partial charge >= 0.3 is 0 Å². The lowest BCUT2D eigenvalue weighted by atomic mass is 10.3. The van der Waals surface area contributed by atoms with Crippen molar-refractivity contribution >= 4 is 11.8 Å². The van der Waals surface area contributed by atoms with Crippen molar-refractivity contribution in [3.63, 3.8) is 0 Å². The summed E-state index contributed by atoms with van der Waals surface area (Å²) in [6.45, 7) is 4.95. The van der Waals surface area contributed by atoms with Gasteiger partial charge < -0.3 is 16.0 Å². The van der Waals surface area contributed by atoms with E-state index in [1.165, 1.54) is 0 Å². The molecule has 0 fully saturated rings. The molecule has 1 heterocycles. The molecule has 1 unspecified atom stereocenters. The highest BCUT2D eigenvalue weighted by Crippen LogP contribution is 2.08. The molecular formula is C10H19N5. The fraction of sp³-hybridized carbons (Fsp3) is 0.600. The van der Waals surface area contributed by atoms with Gasteiger partial charge in [0.05, 0.1) is 0 Å². The molecule has 0 aliphatic carbocycles. The standard InChI is InChI=1S/C10H19N5/c1-7-5-9(14-10(11)13-7)12-8(2)6-15(3)4/h5,8H,6H2,1-4H3,(H3,11,12,13,14). The molecule has 0 aliphatic heterocycles. The van der Waals surface area contributed by atoms with E-state index in [1.54, 1.807) is 0 Å². The molecule has 0 aromatic carbocycles. The number of anilines is 2. The quantitative estimate of drug-likeness (QED) is 0.765. The topological polar surface area (TPSA) is 67.1 Å². The Kier molecular flexibility index (Phi) is 3.85. The van der Waals surface area contributed by atoms with Crippen molar-refractivity contribution in [3.8, 4) is 0 Å². The molecule has 0 aliphatic rings. The molecule has 0 radical (unpaired) electrons. The Morgan fingerprint density at radius 1 is 1.47 bits per heavy atom. The third kappa shape index (κ3) is 4.12. The number of nitrogen functional groups attached to an aromatic ring is 1. The van der Waals surface area contributed by atoms with Crippen LogP contribution in [0.5, 0.6) is 0 Å². The van der Waals surface area contributed by atoms with Gasteiger partial charge in [0.1, 0.15) is 5.82 Å². The molecule has 0 saturated heterocycles. The Balaban J connectivity index is 2.63. The van der Waals surface area contributed by atoms with Crippen LogP contribution in [-0.2, 0) is 0 Å². The molecule has 5 nitrogen and oxygen atoms in total. The number of rotatable bonds is 4. The molecule has 3 N–H and O–H groups in total. The second-order valence-electron chi connectivity index (χ2n) is 4.06. The first-order valence-electron chi connectivity index (χ1n) is 5.00. The lowest BCUT2D eigenvalue weighted by Crippen LogP contribution is -2.30. The van der Waals surface area contributed by atoms with Crippen molar-refractivity contribution in [3.05, 3.63) is 11.8 Å². The van der Waals surface area contributed by atoms with Gasteiger partial charge in [0.15, 0.2) is 0 Å². The maximum atomic E-state index is 5.56. The van der Waals surface area contributed by atoms with Crippen LogP contribution in [0.3, 0.4) is 0 Å². The molecule has 84 valence electrons. The molecule has 0 bridgehead atoms. The normalized spacial score (nSPS) is 12.9. The van der Waals surface area contributed by atoms with Gasteiger partial charge in [0.25, 0.3) is 0 Å². The maximum Gasteiger partial charge on any atom is 0.222 e. The van der Waals surface area contributed by atoms with Crippen molar-refractivity contribution in [2.45, 2.75) is 19.9 Å². The minimum Gasteiger partial charge on any atom is -0.368 e. The summed E-state index contributed by atoms with van der Waals surface area (Å²) in [5, 5.41) is 3.28. The van der Waals surface area contributed by atoms with Crippen molar-refractivity contribution < 1.29 is 0 Å². The first-order chi connectivity index (χ1) is 6.97. The Labute approximate surface area is 90.7 Å². The van der Waals surface area contributed by atoms with Gasteiger partial charge in [-0.1, -0.05) is 0 Å². The van der Waals surface area contributed by atoms with E-state index in [2.05, 4.69) is 27.1 Å². The Hall–Kier alpha value is -1.36. The van der Waals surface area contributed by atoms with Crippen LogP contribution in [0.4, 0.5) is 11.8 Å². The number of hydrogen-bond donors (Lipinski definition) is 2. The molecule has 1 aromatic rings. The zero-order chi connectivity index (χ0) is 11.4. The SMILES string of the molecule is Cc1cc(NC(C)CN(C)C)nc(N)n1. The summed E-state index contributed by atoms with van der Waals surface area (Å²) < 4.78 is 0. The number of nitrogens with zero attached hydrogens (tertiary/aromatic N) is 3. The van der Waals surface area contributed by atoms with Crippen LogP contribution in [0.25, 0.3) is 0 Å². The first-order valence-corrected chi connectivity index (χ1v) is 5.00. The van der Waals surface area contributed by atoms with E-state index in [0.717, 1.165) is 18.1 Å². The number of aromatic nitrogens is 2. The van der Waals surface area contributed by atoms with E-state index in [9.17, 15) is 0 Å². The lowest BCUT2D eigenvalue weighted by molar-refractivity contribution is 0.392. The summed E-state index contributed by atoms with van der Waals surface area (Å²) in [6, 6.07) is 2.22. The summed E-state index contributed by atoms with van der Waals surface area (Å²) in [5.41, 5.74) is 6.44. The van der Waals surface area contributed by atoms with E-state index < -0.39 is 0 Å². The van der Waals surface area contributed by atoms with E-state index in [0.29, 0.717) is 12.0 Å². The maximum absolute atomic E-state index is 5.56. The summed E-state index contributed by atoms with van der Waals surface area (Å²) in [6.07, 6.45) is 0. The van der Waals surface area contributed by atoms with Gasteiger partial charge in [-0.3, -0.25) is 0 Å². The molecule has 0 amide bonds. The largest absolute Gasteiger partial charge is 0.368 e. The van der Waals surface area contributed by atoms with Crippen LogP contribution in [0.2, 0.25) is 0 Å². The number of hydrogen-bond acceptors (Lipinski definition) is 5. The fourth-order valence-corrected chi connectivity index (χ4v) is 1.51. The molecule has 1 aromatic heterocycles. The minimum absolute atomic E-state index is 0.314. The predicted octanol–water partition coefficient (Wildman–Crippen LogP) is 0.729. The summed E-state index contributed by atoms with van der Waals surface area (Å²) in [7, 11) is 4.08. The monoisotopic (exact) mass is 209 g/mol. The van der Waals surface area contributed by atoms with E-state index in [1.807, 2.05) is 27.1 Å². The van der Waals surface area contributed by atoms with Gasteiger partial charge in [0.2, 0.25) is 5.95 Å². The Morgan fingerprint density at radius 2 is 2.13 bits per heavy atom. The summed E-state index contributed by atoms with van der Waals surface area (Å²) >= 11 is 0. The molecule has 1 rings (SSSR count). The summed E-state index contributed by atoms with van der Waals surface area (Å²) in [5.74, 6) is 1.10. The van der Waals surface area contributed by atoms with Crippen LogP contribution < -0.4 is 11.1 Å². The van der Waals surface area contributed by atoms with Crippen molar-refractivity contribution in [2.24, 2.45) is 0 Å². The highest BCUT2D eigenvalue weighted by Gasteiger charge is 2.05. The van der Waals surface area contributed by atoms with Crippen LogP contribution in [0.15, 0.2) is 6.07 Å². The molecular weight excluding hydrogens is 190 g/mol. The Morgan fingerprint density at radius 3 is 2.67 bits per heavy atom. The zero-order valence-electron chi connectivity index (χ0n) is 9.78. The van der Waals surface area contributed by atoms with E-state index in [-0.39, 0.29) is 0 Å². The summed E-state index contributed by atoms with van der Waals surface area (Å²) in [4.78, 5) is 10.3. The van der Waals surface area contributed by atoms with Crippen molar-refractivity contribution in [2.75, 3.05) is 31.7 Å². The second-order valence-corrected chi connectivity index (χ2v) is 4.06. The first kappa shape index (κ1) is 11.7. The number of nitrogens with two attached hydrogens (primary N) is 1. The average Bonchev–Trinajstić information content (AvgIpc) is 1.98. The molecule has 5 heteroatoms. The van der Waals surface area contributed by atoms with E-state index >= 15 is 0 Å². The molecule has 1 atom stereocenters. The van der Waals surface area contributed by atoms with Crippen LogP contribution in [0.1, 0.15) is 12.6 Å². The van der Waals surface area contributed by atoms with Gasteiger partial charge in [-0.15, -0.1) is 0 Å². The number of nitrogens with one attached hydrogen (secondary N) is 1. The highest BCUT2D eigenvalue weighted by atomic mass is 15.1. The highest BCUT2D eigenvalue weighted by molar-refractivity contribution is 5.40. The minimum atomic E-state index is 0.314. The van der Waals surface area contributed by atoms with Crippen molar-refractivity contribution in [1.82, 2.24) is 14.9 Å². The van der Waals surface area contributed by atoms with Gasteiger partial charge in [0, 0.05) is 24.3 Å². The molecule has 15 heavy (non-hydrogen) atoms. The molecule has 0 saturated carbocycles. The zero-order valence-corrected chi connectivity index (χ0v) is 9.78. The number of likely N-dealkylation sites (N-methyl/N-ethyl adjacent to an activating group) is 1. The predicted molar refractivity (Wildman–Crippen MR) is 62.8 cm³/mol.